The SMILES string of the molecule is CCCNC(=O)CCCc1ccc(-c2ccc3c(c2)C(CCCOCCOC)(CCCOCCOC)c2cc(C)ccc2-3)cc1. The van der Waals surface area contributed by atoms with Gasteiger partial charge in [-0.1, -0.05) is 67.1 Å². The van der Waals surface area contributed by atoms with Gasteiger partial charge in [-0.25, -0.2) is 0 Å². The van der Waals surface area contributed by atoms with Gasteiger partial charge in [-0.2, -0.15) is 0 Å². The molecule has 6 nitrogen and oxygen atoms in total. The molecule has 0 bridgehead atoms. The number of nitrogens with one attached hydrogen (secondary N) is 1. The van der Waals surface area contributed by atoms with E-state index in [1.165, 1.54) is 44.5 Å². The largest absolute Gasteiger partial charge is 0.382 e. The first-order chi connectivity index (χ1) is 22.0. The Labute approximate surface area is 270 Å². The molecule has 0 unspecified atom stereocenters. The van der Waals surface area contributed by atoms with Crippen LogP contribution >= 0.6 is 0 Å². The van der Waals surface area contributed by atoms with E-state index in [0.717, 1.165) is 51.5 Å². The first kappa shape index (κ1) is 34.8. The van der Waals surface area contributed by atoms with Crippen molar-refractivity contribution in [2.75, 3.05) is 60.4 Å². The average molecular weight is 616 g/mol. The molecule has 3 aromatic carbocycles. The molecule has 0 heterocycles. The van der Waals surface area contributed by atoms with E-state index in [9.17, 15) is 4.79 Å². The summed E-state index contributed by atoms with van der Waals surface area (Å²) in [7, 11) is 3.42. The summed E-state index contributed by atoms with van der Waals surface area (Å²) in [6.45, 7) is 8.93. The highest BCUT2D eigenvalue weighted by molar-refractivity contribution is 5.84. The normalized spacial score (nSPS) is 13.1. The van der Waals surface area contributed by atoms with Crippen LogP contribution in [0.25, 0.3) is 22.3 Å². The predicted molar refractivity (Wildman–Crippen MR) is 183 cm³/mol. The number of methoxy groups -OCH3 is 2. The van der Waals surface area contributed by atoms with E-state index < -0.39 is 0 Å². The van der Waals surface area contributed by atoms with Crippen LogP contribution in [0.4, 0.5) is 0 Å². The highest BCUT2D eigenvalue weighted by Crippen LogP contribution is 2.54. The van der Waals surface area contributed by atoms with Crippen molar-refractivity contribution in [3.8, 4) is 22.3 Å². The molecule has 6 heteroatoms. The summed E-state index contributed by atoms with van der Waals surface area (Å²) in [5.74, 6) is 0.148. The number of fused-ring (bicyclic) bond motifs is 3. The van der Waals surface area contributed by atoms with Crippen molar-refractivity contribution in [1.29, 1.82) is 0 Å². The molecule has 1 amide bonds. The monoisotopic (exact) mass is 615 g/mol. The second-order valence-electron chi connectivity index (χ2n) is 12.2. The maximum atomic E-state index is 12.0. The zero-order chi connectivity index (χ0) is 31.9. The van der Waals surface area contributed by atoms with E-state index in [1.54, 1.807) is 14.2 Å². The highest BCUT2D eigenvalue weighted by Gasteiger charge is 2.42. The van der Waals surface area contributed by atoms with Crippen LogP contribution in [0.5, 0.6) is 0 Å². The first-order valence-electron chi connectivity index (χ1n) is 16.8. The minimum atomic E-state index is -0.111. The Bertz CT molecular complexity index is 1320. The summed E-state index contributed by atoms with van der Waals surface area (Å²) >= 11 is 0. The van der Waals surface area contributed by atoms with Crippen molar-refractivity contribution in [2.45, 2.75) is 70.6 Å². The number of hydrogen-bond acceptors (Lipinski definition) is 5. The Kier molecular flexibility index (Phi) is 14.1. The van der Waals surface area contributed by atoms with Crippen LogP contribution in [0.1, 0.15) is 74.1 Å². The third-order valence-electron chi connectivity index (χ3n) is 8.89. The molecule has 0 aromatic heterocycles. The van der Waals surface area contributed by atoms with Crippen molar-refractivity contribution in [2.24, 2.45) is 0 Å². The minimum Gasteiger partial charge on any atom is -0.382 e. The fourth-order valence-electron chi connectivity index (χ4n) is 6.56. The molecule has 3 aromatic rings. The third-order valence-corrected chi connectivity index (χ3v) is 8.89. The van der Waals surface area contributed by atoms with Gasteiger partial charge in [-0.05, 0) is 96.9 Å². The number of hydrogen-bond donors (Lipinski definition) is 1. The molecule has 0 atom stereocenters. The first-order valence-corrected chi connectivity index (χ1v) is 16.8. The van der Waals surface area contributed by atoms with Gasteiger partial charge in [-0.15, -0.1) is 0 Å². The topological polar surface area (TPSA) is 66.0 Å². The van der Waals surface area contributed by atoms with E-state index in [0.29, 0.717) is 46.1 Å². The summed E-state index contributed by atoms with van der Waals surface area (Å²) in [4.78, 5) is 12.0. The standard InChI is InChI=1S/C39H53NO5/c1-5-21-40-38(41)10-6-9-31-12-14-32(15-13-31)33-16-18-35-34-17-11-30(2)28-36(34)39(37(35)29-33,19-7-22-44-26-24-42-3)20-8-23-45-27-25-43-4/h11-18,28-29H,5-10,19-27H2,1-4H3,(H,40,41). The van der Waals surface area contributed by atoms with Gasteiger partial charge >= 0.3 is 0 Å². The maximum absolute atomic E-state index is 12.0. The second kappa shape index (κ2) is 18.2. The van der Waals surface area contributed by atoms with Gasteiger partial charge in [0.1, 0.15) is 0 Å². The van der Waals surface area contributed by atoms with Crippen LogP contribution in [0.2, 0.25) is 0 Å². The molecule has 0 saturated heterocycles. The highest BCUT2D eigenvalue weighted by atomic mass is 16.5. The lowest BCUT2D eigenvalue weighted by molar-refractivity contribution is -0.121. The molecule has 45 heavy (non-hydrogen) atoms. The number of amides is 1. The molecular weight excluding hydrogens is 562 g/mol. The number of carbonyl (C=O) groups excluding carboxylic acids is 1. The number of rotatable bonds is 21. The van der Waals surface area contributed by atoms with Gasteiger partial charge in [0.2, 0.25) is 5.91 Å². The summed E-state index contributed by atoms with van der Waals surface area (Å²) < 4.78 is 22.2. The Morgan fingerprint density at radius 1 is 0.711 bits per heavy atom. The number of aryl methyl sites for hydroxylation is 2. The van der Waals surface area contributed by atoms with Gasteiger partial charge < -0.3 is 24.3 Å². The van der Waals surface area contributed by atoms with Crippen LogP contribution in [0.15, 0.2) is 60.7 Å². The summed E-state index contributed by atoms with van der Waals surface area (Å²) in [6, 6.07) is 22.9. The predicted octanol–water partition coefficient (Wildman–Crippen LogP) is 7.66. The molecule has 0 aliphatic heterocycles. The Balaban J connectivity index is 1.58. The van der Waals surface area contributed by atoms with Crippen molar-refractivity contribution in [3.63, 3.8) is 0 Å². The quantitative estimate of drug-likeness (QED) is 0.125. The Hall–Kier alpha value is -3.03. The van der Waals surface area contributed by atoms with Crippen molar-refractivity contribution in [1.82, 2.24) is 5.32 Å². The fourth-order valence-corrected chi connectivity index (χ4v) is 6.56. The van der Waals surface area contributed by atoms with E-state index in [1.807, 2.05) is 0 Å². The average Bonchev–Trinajstić information content (AvgIpc) is 3.31. The van der Waals surface area contributed by atoms with Gasteiger partial charge in [0.25, 0.3) is 0 Å². The molecule has 0 spiro atoms. The summed E-state index contributed by atoms with van der Waals surface area (Å²) in [6.07, 6.45) is 7.26. The third kappa shape index (κ3) is 9.49. The second-order valence-corrected chi connectivity index (χ2v) is 12.2. The molecule has 0 saturated carbocycles. The minimum absolute atomic E-state index is 0.111. The number of ether oxygens (including phenoxy) is 4. The van der Waals surface area contributed by atoms with Gasteiger partial charge in [-0.3, -0.25) is 4.79 Å². The summed E-state index contributed by atoms with van der Waals surface area (Å²) in [5, 5.41) is 2.97. The number of carbonyl (C=O) groups is 1. The molecule has 4 rings (SSSR count). The molecule has 0 radical (unpaired) electrons. The lowest BCUT2D eigenvalue weighted by Gasteiger charge is -2.33. The lowest BCUT2D eigenvalue weighted by Crippen LogP contribution is -2.27. The molecule has 1 N–H and O–H groups in total. The van der Waals surface area contributed by atoms with Crippen molar-refractivity contribution >= 4 is 5.91 Å². The van der Waals surface area contributed by atoms with Crippen LogP contribution in [-0.2, 0) is 35.6 Å². The lowest BCUT2D eigenvalue weighted by atomic mass is 9.71. The molecule has 1 aliphatic carbocycles. The van der Waals surface area contributed by atoms with Crippen LogP contribution in [0.3, 0.4) is 0 Å². The Morgan fingerprint density at radius 3 is 1.93 bits per heavy atom. The van der Waals surface area contributed by atoms with E-state index in [2.05, 4.69) is 79.8 Å². The smallest absolute Gasteiger partial charge is 0.220 e. The summed E-state index contributed by atoms with van der Waals surface area (Å²) in [5.41, 5.74) is 10.4. The zero-order valence-electron chi connectivity index (χ0n) is 27.9. The van der Waals surface area contributed by atoms with Crippen LogP contribution in [-0.4, -0.2) is 66.3 Å². The van der Waals surface area contributed by atoms with Crippen LogP contribution < -0.4 is 5.32 Å². The van der Waals surface area contributed by atoms with Crippen molar-refractivity contribution in [3.05, 3.63) is 82.9 Å². The Morgan fingerprint density at radius 2 is 1.31 bits per heavy atom. The van der Waals surface area contributed by atoms with E-state index in [-0.39, 0.29) is 11.3 Å². The maximum Gasteiger partial charge on any atom is 0.220 e. The molecular formula is C39H53NO5. The molecule has 1 aliphatic rings. The van der Waals surface area contributed by atoms with Crippen LogP contribution in [0, 0.1) is 6.92 Å². The van der Waals surface area contributed by atoms with E-state index in [4.69, 9.17) is 18.9 Å². The van der Waals surface area contributed by atoms with Gasteiger partial charge in [0, 0.05) is 45.8 Å². The zero-order valence-corrected chi connectivity index (χ0v) is 27.9. The molecule has 244 valence electrons. The fraction of sp³-hybridized carbons (Fsp3) is 0.513. The van der Waals surface area contributed by atoms with Crippen molar-refractivity contribution < 1.29 is 23.7 Å². The molecule has 0 fully saturated rings. The van der Waals surface area contributed by atoms with Gasteiger partial charge in [0.05, 0.1) is 26.4 Å². The number of benzene rings is 3. The van der Waals surface area contributed by atoms with Gasteiger partial charge in [0.15, 0.2) is 0 Å². The van der Waals surface area contributed by atoms with E-state index >= 15 is 0 Å².